The highest BCUT2D eigenvalue weighted by Gasteiger charge is 2.12. The van der Waals surface area contributed by atoms with Crippen molar-refractivity contribution >= 4 is 6.29 Å². The monoisotopic (exact) mass is 269 g/mol. The zero-order chi connectivity index (χ0) is 14.2. The third kappa shape index (κ3) is 3.81. The summed E-state index contributed by atoms with van der Waals surface area (Å²) in [7, 11) is 1.58. The van der Waals surface area contributed by atoms with Crippen LogP contribution in [0.4, 0.5) is 0 Å². The van der Waals surface area contributed by atoms with E-state index in [2.05, 4.69) is 16.8 Å². The van der Waals surface area contributed by atoms with E-state index in [9.17, 15) is 4.79 Å². The molecule has 102 valence electrons. The molecule has 2 heterocycles. The molecule has 0 aliphatic rings. The molecule has 0 aliphatic carbocycles. The molecule has 2 aromatic heterocycles. The fourth-order valence-corrected chi connectivity index (χ4v) is 1.70. The van der Waals surface area contributed by atoms with Gasteiger partial charge in [-0.2, -0.15) is 0 Å². The second kappa shape index (κ2) is 7.27. The quantitative estimate of drug-likeness (QED) is 0.618. The largest absolute Gasteiger partial charge is 0.462 e. The molecular weight excluding hydrogens is 254 g/mol. The molecule has 0 spiro atoms. The standard InChI is InChI=1S/C16H15NO3/c1-19-15(6-4-13-8-10-17-11-9-13)16-7-5-14(20-16)3-2-12-18/h5,7-12,15H,2-3H2,1H3. The van der Waals surface area contributed by atoms with E-state index >= 15 is 0 Å². The predicted octanol–water partition coefficient (Wildman–Crippen LogP) is 2.55. The molecule has 1 atom stereocenters. The van der Waals surface area contributed by atoms with Crippen LogP contribution in [0.5, 0.6) is 0 Å². The number of aldehydes is 1. The third-order valence-electron chi connectivity index (χ3n) is 2.71. The Morgan fingerprint density at radius 2 is 2.15 bits per heavy atom. The van der Waals surface area contributed by atoms with Crippen molar-refractivity contribution in [1.82, 2.24) is 4.98 Å². The lowest BCUT2D eigenvalue weighted by atomic mass is 10.2. The average molecular weight is 269 g/mol. The minimum absolute atomic E-state index is 0.423. The molecule has 0 N–H and O–H groups in total. The molecule has 0 saturated carbocycles. The van der Waals surface area contributed by atoms with Crippen molar-refractivity contribution in [2.24, 2.45) is 0 Å². The van der Waals surface area contributed by atoms with Crippen molar-refractivity contribution in [2.75, 3.05) is 7.11 Å². The van der Waals surface area contributed by atoms with Gasteiger partial charge in [-0.1, -0.05) is 11.8 Å². The van der Waals surface area contributed by atoms with E-state index in [1.807, 2.05) is 24.3 Å². The normalized spacial score (nSPS) is 11.4. The van der Waals surface area contributed by atoms with Crippen LogP contribution < -0.4 is 0 Å². The first kappa shape index (κ1) is 14.0. The van der Waals surface area contributed by atoms with E-state index in [1.165, 1.54) is 0 Å². The van der Waals surface area contributed by atoms with Gasteiger partial charge in [-0.15, -0.1) is 0 Å². The highest BCUT2D eigenvalue weighted by atomic mass is 16.5. The predicted molar refractivity (Wildman–Crippen MR) is 74.0 cm³/mol. The molecular formula is C16H15NO3. The molecule has 2 aromatic rings. The number of methoxy groups -OCH3 is 1. The second-order valence-electron chi connectivity index (χ2n) is 4.13. The Morgan fingerprint density at radius 1 is 1.35 bits per heavy atom. The lowest BCUT2D eigenvalue weighted by Crippen LogP contribution is -1.96. The molecule has 4 nitrogen and oxygen atoms in total. The number of rotatable bonds is 5. The van der Waals surface area contributed by atoms with Gasteiger partial charge < -0.3 is 13.9 Å². The molecule has 0 saturated heterocycles. The van der Waals surface area contributed by atoms with Crippen molar-refractivity contribution in [2.45, 2.75) is 18.9 Å². The fourth-order valence-electron chi connectivity index (χ4n) is 1.70. The smallest absolute Gasteiger partial charge is 0.175 e. The highest BCUT2D eigenvalue weighted by Crippen LogP contribution is 2.19. The first-order valence-corrected chi connectivity index (χ1v) is 6.30. The average Bonchev–Trinajstić information content (AvgIpc) is 2.96. The molecule has 2 rings (SSSR count). The van der Waals surface area contributed by atoms with Crippen molar-refractivity contribution in [3.8, 4) is 11.8 Å². The Balaban J connectivity index is 2.10. The molecule has 0 aromatic carbocycles. The van der Waals surface area contributed by atoms with E-state index < -0.39 is 6.10 Å². The second-order valence-corrected chi connectivity index (χ2v) is 4.13. The molecule has 4 heteroatoms. The Kier molecular flexibility index (Phi) is 5.10. The molecule has 0 amide bonds. The first-order valence-electron chi connectivity index (χ1n) is 6.30. The van der Waals surface area contributed by atoms with Crippen LogP contribution in [-0.4, -0.2) is 18.4 Å². The van der Waals surface area contributed by atoms with Crippen LogP contribution in [0, 0.1) is 11.8 Å². The maximum Gasteiger partial charge on any atom is 0.175 e. The maximum absolute atomic E-state index is 10.3. The summed E-state index contributed by atoms with van der Waals surface area (Å²) in [4.78, 5) is 14.3. The van der Waals surface area contributed by atoms with Gasteiger partial charge in [0.2, 0.25) is 0 Å². The molecule has 0 aliphatic heterocycles. The van der Waals surface area contributed by atoms with Crippen LogP contribution in [0.1, 0.15) is 29.6 Å². The number of pyridine rings is 1. The van der Waals surface area contributed by atoms with Crippen molar-refractivity contribution in [1.29, 1.82) is 0 Å². The Morgan fingerprint density at radius 3 is 2.85 bits per heavy atom. The molecule has 0 fully saturated rings. The fraction of sp³-hybridized carbons (Fsp3) is 0.250. The van der Waals surface area contributed by atoms with Gasteiger partial charge in [0.05, 0.1) is 0 Å². The van der Waals surface area contributed by atoms with Crippen LogP contribution in [0.25, 0.3) is 0 Å². The van der Waals surface area contributed by atoms with Crippen LogP contribution >= 0.6 is 0 Å². The zero-order valence-corrected chi connectivity index (χ0v) is 11.2. The first-order chi connectivity index (χ1) is 9.83. The molecule has 0 bridgehead atoms. The Hall–Kier alpha value is -2.38. The van der Waals surface area contributed by atoms with Crippen LogP contribution in [0.2, 0.25) is 0 Å². The van der Waals surface area contributed by atoms with Gasteiger partial charge >= 0.3 is 0 Å². The summed E-state index contributed by atoms with van der Waals surface area (Å²) in [6.45, 7) is 0. The number of carbonyl (C=O) groups is 1. The Labute approximate surface area is 117 Å². The van der Waals surface area contributed by atoms with Crippen LogP contribution in [0.3, 0.4) is 0 Å². The lowest BCUT2D eigenvalue weighted by molar-refractivity contribution is -0.107. The summed E-state index contributed by atoms with van der Waals surface area (Å²) < 4.78 is 11.0. The number of aryl methyl sites for hydroxylation is 1. The van der Waals surface area contributed by atoms with Crippen molar-refractivity contribution in [3.63, 3.8) is 0 Å². The number of furan rings is 1. The molecule has 1 unspecified atom stereocenters. The van der Waals surface area contributed by atoms with Crippen molar-refractivity contribution < 1.29 is 13.9 Å². The third-order valence-corrected chi connectivity index (χ3v) is 2.71. The lowest BCUT2D eigenvalue weighted by Gasteiger charge is -2.04. The minimum Gasteiger partial charge on any atom is -0.462 e. The van der Waals surface area contributed by atoms with Crippen molar-refractivity contribution in [3.05, 3.63) is 53.7 Å². The Bertz CT molecular complexity index is 607. The number of hydrogen-bond acceptors (Lipinski definition) is 4. The van der Waals surface area contributed by atoms with Crippen LogP contribution in [-0.2, 0) is 16.0 Å². The zero-order valence-electron chi connectivity index (χ0n) is 11.2. The summed E-state index contributed by atoms with van der Waals surface area (Å²) >= 11 is 0. The number of hydrogen-bond donors (Lipinski definition) is 0. The maximum atomic E-state index is 10.3. The SMILES string of the molecule is COC(C#Cc1ccncc1)c1ccc(CCC=O)o1. The van der Waals surface area contributed by atoms with Crippen LogP contribution in [0.15, 0.2) is 41.1 Å². The van der Waals surface area contributed by atoms with Gasteiger partial charge in [-0.25, -0.2) is 0 Å². The summed E-state index contributed by atoms with van der Waals surface area (Å²) in [6, 6.07) is 7.34. The molecule has 20 heavy (non-hydrogen) atoms. The number of ether oxygens (including phenoxy) is 1. The highest BCUT2D eigenvalue weighted by molar-refractivity contribution is 5.49. The van der Waals surface area contributed by atoms with E-state index in [0.29, 0.717) is 18.6 Å². The molecule has 0 radical (unpaired) electrons. The summed E-state index contributed by atoms with van der Waals surface area (Å²) in [6.07, 6.45) is 4.88. The topological polar surface area (TPSA) is 52.3 Å². The number of carbonyl (C=O) groups excluding carboxylic acids is 1. The minimum atomic E-state index is -0.423. The summed E-state index contributed by atoms with van der Waals surface area (Å²) in [5.74, 6) is 7.44. The van der Waals surface area contributed by atoms with E-state index in [-0.39, 0.29) is 0 Å². The van der Waals surface area contributed by atoms with Gasteiger partial charge in [0, 0.05) is 37.9 Å². The van der Waals surface area contributed by atoms with E-state index in [0.717, 1.165) is 17.6 Å². The number of aromatic nitrogens is 1. The summed E-state index contributed by atoms with van der Waals surface area (Å²) in [5.41, 5.74) is 0.870. The van der Waals surface area contributed by atoms with Gasteiger partial charge in [-0.3, -0.25) is 4.98 Å². The van der Waals surface area contributed by atoms with E-state index in [4.69, 9.17) is 9.15 Å². The van der Waals surface area contributed by atoms with Gasteiger partial charge in [0.15, 0.2) is 6.10 Å². The summed E-state index contributed by atoms with van der Waals surface area (Å²) in [5, 5.41) is 0. The van der Waals surface area contributed by atoms with Gasteiger partial charge in [0.25, 0.3) is 0 Å². The van der Waals surface area contributed by atoms with E-state index in [1.54, 1.807) is 19.5 Å². The van der Waals surface area contributed by atoms with Gasteiger partial charge in [-0.05, 0) is 24.3 Å². The number of nitrogens with zero attached hydrogens (tertiary/aromatic N) is 1. The van der Waals surface area contributed by atoms with Gasteiger partial charge in [0.1, 0.15) is 17.8 Å².